The monoisotopic (exact) mass is 409 g/mol. The minimum Gasteiger partial charge on any atom is -0.496 e. The highest BCUT2D eigenvalue weighted by molar-refractivity contribution is 5.83. The molecule has 30 heavy (non-hydrogen) atoms. The van der Waals surface area contributed by atoms with Crippen LogP contribution in [0.4, 0.5) is 0 Å². The van der Waals surface area contributed by atoms with Gasteiger partial charge in [0.25, 0.3) is 5.91 Å². The smallest absolute Gasteiger partial charge is 0.330 e. The number of nitrogens with zero attached hydrogens (tertiary/aromatic N) is 4. The number of hydrogen-bond donors (Lipinski definition) is 1. The van der Waals surface area contributed by atoms with Crippen molar-refractivity contribution < 1.29 is 19.1 Å². The summed E-state index contributed by atoms with van der Waals surface area (Å²) in [6.07, 6.45) is -0.965. The van der Waals surface area contributed by atoms with Crippen molar-refractivity contribution in [2.45, 2.75) is 33.0 Å². The minimum absolute atomic E-state index is 0.247. The number of carbonyl (C=O) groups is 2. The summed E-state index contributed by atoms with van der Waals surface area (Å²) in [7, 11) is 1.56. The van der Waals surface area contributed by atoms with Gasteiger partial charge in [0.05, 0.1) is 7.11 Å². The van der Waals surface area contributed by atoms with Gasteiger partial charge in [-0.05, 0) is 25.1 Å². The third-order valence-electron chi connectivity index (χ3n) is 4.36. The summed E-state index contributed by atoms with van der Waals surface area (Å²) < 4.78 is 10.4. The average molecular weight is 409 g/mol. The standard InChI is InChI=1S/C21H23N5O4/c1-14-8-10-16(11-9-14)20-23-25-26(24-20)13-19(27)30-15(2)21(28)22-12-17-6-4-5-7-18(17)29-3/h4-11,15H,12-13H2,1-3H3,(H,22,28). The van der Waals surface area contributed by atoms with Crippen molar-refractivity contribution in [1.29, 1.82) is 0 Å². The summed E-state index contributed by atoms with van der Waals surface area (Å²) >= 11 is 0. The number of ether oxygens (including phenoxy) is 2. The summed E-state index contributed by atoms with van der Waals surface area (Å²) in [5.74, 6) is 0.0263. The number of nitrogens with one attached hydrogen (secondary N) is 1. The summed E-state index contributed by atoms with van der Waals surface area (Å²) in [5, 5.41) is 14.7. The van der Waals surface area contributed by atoms with Gasteiger partial charge in [0.15, 0.2) is 12.6 Å². The predicted molar refractivity (Wildman–Crippen MR) is 108 cm³/mol. The number of tetrazole rings is 1. The maximum absolute atomic E-state index is 12.2. The van der Waals surface area contributed by atoms with Crippen LogP contribution in [0.3, 0.4) is 0 Å². The summed E-state index contributed by atoms with van der Waals surface area (Å²) in [4.78, 5) is 25.5. The lowest BCUT2D eigenvalue weighted by molar-refractivity contribution is -0.155. The molecule has 0 saturated carbocycles. The van der Waals surface area contributed by atoms with Crippen LogP contribution in [0.25, 0.3) is 11.4 Å². The number of amides is 1. The van der Waals surface area contributed by atoms with Gasteiger partial charge in [0, 0.05) is 17.7 Å². The van der Waals surface area contributed by atoms with E-state index in [1.807, 2.05) is 49.4 Å². The predicted octanol–water partition coefficient (Wildman–Crippen LogP) is 1.91. The number of hydrogen-bond acceptors (Lipinski definition) is 7. The Morgan fingerprint density at radius 3 is 2.60 bits per heavy atom. The second-order valence-corrected chi connectivity index (χ2v) is 6.67. The Bertz CT molecular complexity index is 1020. The zero-order valence-electron chi connectivity index (χ0n) is 17.0. The first kappa shape index (κ1) is 21.0. The zero-order valence-corrected chi connectivity index (χ0v) is 17.0. The van der Waals surface area contributed by atoms with Crippen LogP contribution in [-0.4, -0.2) is 45.3 Å². The molecular formula is C21H23N5O4. The Kier molecular flexibility index (Phi) is 6.74. The molecule has 0 saturated heterocycles. The maximum atomic E-state index is 12.2. The summed E-state index contributed by atoms with van der Waals surface area (Å²) in [6.45, 7) is 3.50. The Hall–Kier alpha value is -3.75. The Balaban J connectivity index is 1.50. The highest BCUT2D eigenvalue weighted by Crippen LogP contribution is 2.17. The van der Waals surface area contributed by atoms with E-state index in [0.29, 0.717) is 11.6 Å². The third kappa shape index (κ3) is 5.40. The van der Waals surface area contributed by atoms with Gasteiger partial charge >= 0.3 is 5.97 Å². The second kappa shape index (κ2) is 9.64. The molecule has 1 unspecified atom stereocenters. The maximum Gasteiger partial charge on any atom is 0.330 e. The van der Waals surface area contributed by atoms with Gasteiger partial charge < -0.3 is 14.8 Å². The molecule has 0 spiro atoms. The third-order valence-corrected chi connectivity index (χ3v) is 4.36. The van der Waals surface area contributed by atoms with Crippen LogP contribution in [0.5, 0.6) is 5.75 Å². The van der Waals surface area contributed by atoms with Crippen LogP contribution in [0, 0.1) is 6.92 Å². The van der Waals surface area contributed by atoms with Crippen molar-refractivity contribution in [1.82, 2.24) is 25.5 Å². The summed E-state index contributed by atoms with van der Waals surface area (Å²) in [5.41, 5.74) is 2.74. The first-order chi connectivity index (χ1) is 14.5. The quantitative estimate of drug-likeness (QED) is 0.566. The van der Waals surface area contributed by atoms with E-state index in [4.69, 9.17) is 9.47 Å². The number of rotatable bonds is 8. The Labute approximate surface area is 174 Å². The lowest BCUT2D eigenvalue weighted by atomic mass is 10.1. The van der Waals surface area contributed by atoms with Crippen LogP contribution < -0.4 is 10.1 Å². The molecule has 1 aromatic heterocycles. The average Bonchev–Trinajstić information content (AvgIpc) is 3.20. The number of para-hydroxylation sites is 1. The molecule has 3 rings (SSSR count). The van der Waals surface area contributed by atoms with Gasteiger partial charge in [-0.15, -0.1) is 10.2 Å². The van der Waals surface area contributed by atoms with Crippen LogP contribution >= 0.6 is 0 Å². The molecule has 0 aliphatic heterocycles. The second-order valence-electron chi connectivity index (χ2n) is 6.67. The molecule has 1 heterocycles. The van der Waals surface area contributed by atoms with E-state index in [1.165, 1.54) is 6.92 Å². The SMILES string of the molecule is COc1ccccc1CNC(=O)C(C)OC(=O)Cn1nnc(-c2ccc(C)cc2)n1. The van der Waals surface area contributed by atoms with Crippen molar-refractivity contribution in [2.75, 3.05) is 7.11 Å². The molecule has 0 aliphatic carbocycles. The van der Waals surface area contributed by atoms with E-state index in [-0.39, 0.29) is 13.1 Å². The van der Waals surface area contributed by atoms with Crippen LogP contribution in [0.1, 0.15) is 18.1 Å². The molecule has 9 heteroatoms. The summed E-state index contributed by atoms with van der Waals surface area (Å²) in [6, 6.07) is 15.0. The van der Waals surface area contributed by atoms with E-state index in [0.717, 1.165) is 21.5 Å². The lowest BCUT2D eigenvalue weighted by Gasteiger charge is -2.14. The van der Waals surface area contributed by atoms with E-state index < -0.39 is 18.0 Å². The van der Waals surface area contributed by atoms with Crippen molar-refractivity contribution >= 4 is 11.9 Å². The fourth-order valence-electron chi connectivity index (χ4n) is 2.71. The van der Waals surface area contributed by atoms with Gasteiger partial charge in [0.2, 0.25) is 5.82 Å². The zero-order chi connectivity index (χ0) is 21.5. The fraction of sp³-hybridized carbons (Fsp3) is 0.286. The van der Waals surface area contributed by atoms with Crippen molar-refractivity contribution in [3.8, 4) is 17.1 Å². The molecule has 156 valence electrons. The fourth-order valence-corrected chi connectivity index (χ4v) is 2.71. The number of aryl methyl sites for hydroxylation is 1. The molecule has 0 radical (unpaired) electrons. The molecule has 0 bridgehead atoms. The van der Waals surface area contributed by atoms with Gasteiger partial charge in [-0.3, -0.25) is 4.79 Å². The number of carbonyl (C=O) groups excluding carboxylic acids is 2. The van der Waals surface area contributed by atoms with Gasteiger partial charge in [-0.2, -0.15) is 4.80 Å². The largest absolute Gasteiger partial charge is 0.496 e. The molecule has 3 aromatic rings. The number of benzene rings is 2. The Morgan fingerprint density at radius 1 is 1.13 bits per heavy atom. The van der Waals surface area contributed by atoms with Crippen LogP contribution in [0.2, 0.25) is 0 Å². The van der Waals surface area contributed by atoms with Crippen LogP contribution in [0.15, 0.2) is 48.5 Å². The first-order valence-electron chi connectivity index (χ1n) is 9.40. The van der Waals surface area contributed by atoms with Gasteiger partial charge in [-0.25, -0.2) is 4.79 Å². The molecule has 1 N–H and O–H groups in total. The van der Waals surface area contributed by atoms with E-state index in [2.05, 4.69) is 20.7 Å². The first-order valence-corrected chi connectivity index (χ1v) is 9.40. The van der Waals surface area contributed by atoms with Crippen molar-refractivity contribution in [2.24, 2.45) is 0 Å². The molecule has 1 atom stereocenters. The van der Waals surface area contributed by atoms with Crippen LogP contribution in [-0.2, 0) is 27.4 Å². The number of methoxy groups -OCH3 is 1. The topological polar surface area (TPSA) is 108 Å². The van der Waals surface area contributed by atoms with E-state index >= 15 is 0 Å². The van der Waals surface area contributed by atoms with Crippen molar-refractivity contribution in [3.05, 3.63) is 59.7 Å². The molecule has 2 aromatic carbocycles. The van der Waals surface area contributed by atoms with E-state index in [1.54, 1.807) is 13.2 Å². The molecular weight excluding hydrogens is 386 g/mol. The highest BCUT2D eigenvalue weighted by atomic mass is 16.5. The number of esters is 1. The Morgan fingerprint density at radius 2 is 1.87 bits per heavy atom. The lowest BCUT2D eigenvalue weighted by Crippen LogP contribution is -2.36. The number of aromatic nitrogens is 4. The molecule has 0 fully saturated rings. The molecule has 0 aliphatic rings. The van der Waals surface area contributed by atoms with Gasteiger partial charge in [0.1, 0.15) is 5.75 Å². The molecule has 1 amide bonds. The van der Waals surface area contributed by atoms with E-state index in [9.17, 15) is 9.59 Å². The van der Waals surface area contributed by atoms with Gasteiger partial charge in [-0.1, -0.05) is 48.0 Å². The normalized spacial score (nSPS) is 11.6. The van der Waals surface area contributed by atoms with Crippen molar-refractivity contribution in [3.63, 3.8) is 0 Å². The molecule has 9 nitrogen and oxygen atoms in total. The highest BCUT2D eigenvalue weighted by Gasteiger charge is 2.19. The minimum atomic E-state index is -0.965.